The summed E-state index contributed by atoms with van der Waals surface area (Å²) in [4.78, 5) is 0. The predicted molar refractivity (Wildman–Crippen MR) is 119 cm³/mol. The van der Waals surface area contributed by atoms with E-state index >= 15 is 0 Å². The van der Waals surface area contributed by atoms with Gasteiger partial charge in [-0.1, -0.05) is 39.8 Å². The number of hydrogen-bond donors (Lipinski definition) is 0. The summed E-state index contributed by atoms with van der Waals surface area (Å²) >= 11 is 5.20. The number of nitrogens with zero attached hydrogens (tertiary/aromatic N) is 3. The highest BCUT2D eigenvalue weighted by Crippen LogP contribution is 2.33. The number of rotatable bonds is 10. The first-order valence-electron chi connectivity index (χ1n) is 9.18. The monoisotopic (exact) mass is 477 g/mol. The van der Waals surface area contributed by atoms with Gasteiger partial charge in [0.15, 0.2) is 22.5 Å². The Kier molecular flexibility index (Phi) is 7.97. The van der Waals surface area contributed by atoms with Crippen molar-refractivity contribution in [1.82, 2.24) is 14.8 Å². The summed E-state index contributed by atoms with van der Waals surface area (Å²) in [6.45, 7) is 1.45. The zero-order chi connectivity index (χ0) is 20.6. The van der Waals surface area contributed by atoms with Gasteiger partial charge in [-0.3, -0.25) is 0 Å². The highest BCUT2D eigenvalue weighted by atomic mass is 79.9. The van der Waals surface area contributed by atoms with E-state index in [2.05, 4.69) is 42.8 Å². The molecule has 0 bridgehead atoms. The number of methoxy groups -OCH3 is 3. The van der Waals surface area contributed by atoms with E-state index in [1.165, 1.54) is 5.56 Å². The standard InChI is InChI=1S/C21H24BrN3O3S/c1-26-11-5-10-25-20(16-8-9-18(27-2)19(13-16)28-3)23-24-21(25)29-14-15-6-4-7-17(22)12-15/h4,6-9,12-13H,5,10-11,14H2,1-3H3. The number of thioether (sulfide) groups is 1. The van der Waals surface area contributed by atoms with Crippen molar-refractivity contribution < 1.29 is 14.2 Å². The molecule has 0 unspecified atom stereocenters. The van der Waals surface area contributed by atoms with Crippen LogP contribution < -0.4 is 9.47 Å². The Morgan fingerprint density at radius 2 is 1.83 bits per heavy atom. The van der Waals surface area contributed by atoms with Crippen LogP contribution in [0.5, 0.6) is 11.5 Å². The number of hydrogen-bond acceptors (Lipinski definition) is 6. The van der Waals surface area contributed by atoms with E-state index < -0.39 is 0 Å². The first-order chi connectivity index (χ1) is 14.2. The van der Waals surface area contributed by atoms with Gasteiger partial charge >= 0.3 is 0 Å². The molecule has 0 aliphatic carbocycles. The molecule has 3 rings (SSSR count). The van der Waals surface area contributed by atoms with E-state index in [1.54, 1.807) is 33.1 Å². The molecule has 0 saturated carbocycles. The zero-order valence-electron chi connectivity index (χ0n) is 16.7. The summed E-state index contributed by atoms with van der Waals surface area (Å²) in [6, 6.07) is 14.1. The fourth-order valence-corrected chi connectivity index (χ4v) is 4.28. The van der Waals surface area contributed by atoms with Crippen molar-refractivity contribution in [2.75, 3.05) is 27.9 Å². The lowest BCUT2D eigenvalue weighted by atomic mass is 10.2. The number of ether oxygens (including phenoxy) is 3. The molecule has 0 atom stereocenters. The van der Waals surface area contributed by atoms with Crippen molar-refractivity contribution in [2.24, 2.45) is 0 Å². The molecular formula is C21H24BrN3O3S. The Bertz CT molecular complexity index is 949. The maximum absolute atomic E-state index is 5.45. The summed E-state index contributed by atoms with van der Waals surface area (Å²) in [6.07, 6.45) is 0.874. The van der Waals surface area contributed by atoms with Gasteiger partial charge in [-0.2, -0.15) is 0 Å². The molecule has 0 aliphatic rings. The van der Waals surface area contributed by atoms with Crippen molar-refractivity contribution in [2.45, 2.75) is 23.9 Å². The first-order valence-corrected chi connectivity index (χ1v) is 11.0. The van der Waals surface area contributed by atoms with Crippen LogP contribution in [-0.2, 0) is 17.0 Å². The topological polar surface area (TPSA) is 58.4 Å². The molecular weight excluding hydrogens is 454 g/mol. The van der Waals surface area contributed by atoms with Gasteiger partial charge in [0, 0.05) is 36.1 Å². The molecule has 0 saturated heterocycles. The van der Waals surface area contributed by atoms with E-state index in [0.717, 1.165) is 39.7 Å². The van der Waals surface area contributed by atoms with Gasteiger partial charge < -0.3 is 18.8 Å². The molecule has 2 aromatic carbocycles. The zero-order valence-corrected chi connectivity index (χ0v) is 19.1. The van der Waals surface area contributed by atoms with Crippen LogP contribution in [0, 0.1) is 0 Å². The van der Waals surface area contributed by atoms with Crippen LogP contribution in [0.3, 0.4) is 0 Å². The van der Waals surface area contributed by atoms with Crippen LogP contribution in [0.1, 0.15) is 12.0 Å². The van der Waals surface area contributed by atoms with Crippen LogP contribution >= 0.6 is 27.7 Å². The van der Waals surface area contributed by atoms with Gasteiger partial charge in [-0.05, 0) is 42.3 Å². The van der Waals surface area contributed by atoms with Gasteiger partial charge in [0.25, 0.3) is 0 Å². The van der Waals surface area contributed by atoms with Gasteiger partial charge in [0.1, 0.15) is 0 Å². The quantitative estimate of drug-likeness (QED) is 0.300. The normalized spacial score (nSPS) is 10.9. The predicted octanol–water partition coefficient (Wildman–Crippen LogP) is 5.05. The molecule has 1 aromatic heterocycles. The third-order valence-electron chi connectivity index (χ3n) is 4.35. The lowest BCUT2D eigenvalue weighted by Gasteiger charge is -2.12. The Balaban J connectivity index is 1.88. The minimum Gasteiger partial charge on any atom is -0.493 e. The van der Waals surface area contributed by atoms with Gasteiger partial charge in [0.2, 0.25) is 0 Å². The summed E-state index contributed by atoms with van der Waals surface area (Å²) < 4.78 is 19.2. The molecule has 0 amide bonds. The van der Waals surface area contributed by atoms with E-state index in [9.17, 15) is 0 Å². The van der Waals surface area contributed by atoms with Gasteiger partial charge in [-0.15, -0.1) is 10.2 Å². The fourth-order valence-electron chi connectivity index (χ4n) is 2.93. The van der Waals surface area contributed by atoms with Crippen molar-refractivity contribution in [1.29, 1.82) is 0 Å². The minimum atomic E-state index is 0.666. The number of benzene rings is 2. The fraction of sp³-hybridized carbons (Fsp3) is 0.333. The van der Waals surface area contributed by atoms with Crippen molar-refractivity contribution >= 4 is 27.7 Å². The van der Waals surface area contributed by atoms with E-state index in [1.807, 2.05) is 30.3 Å². The second-order valence-electron chi connectivity index (χ2n) is 6.29. The molecule has 1 heterocycles. The van der Waals surface area contributed by atoms with E-state index in [0.29, 0.717) is 18.1 Å². The van der Waals surface area contributed by atoms with E-state index in [4.69, 9.17) is 14.2 Å². The number of aromatic nitrogens is 3. The van der Waals surface area contributed by atoms with Crippen LogP contribution in [-0.4, -0.2) is 42.7 Å². The molecule has 0 N–H and O–H groups in total. The van der Waals surface area contributed by atoms with Gasteiger partial charge in [-0.25, -0.2) is 0 Å². The minimum absolute atomic E-state index is 0.666. The largest absolute Gasteiger partial charge is 0.493 e. The molecule has 0 aliphatic heterocycles. The van der Waals surface area contributed by atoms with Crippen LogP contribution in [0.15, 0.2) is 52.1 Å². The Morgan fingerprint density at radius 3 is 2.55 bits per heavy atom. The van der Waals surface area contributed by atoms with Crippen LogP contribution in [0.25, 0.3) is 11.4 Å². The summed E-state index contributed by atoms with van der Waals surface area (Å²) in [5, 5.41) is 9.81. The van der Waals surface area contributed by atoms with Crippen LogP contribution in [0.2, 0.25) is 0 Å². The van der Waals surface area contributed by atoms with Crippen molar-refractivity contribution in [3.8, 4) is 22.9 Å². The molecule has 0 fully saturated rings. The molecule has 154 valence electrons. The highest BCUT2D eigenvalue weighted by Gasteiger charge is 2.16. The summed E-state index contributed by atoms with van der Waals surface area (Å²) in [5.41, 5.74) is 2.16. The summed E-state index contributed by atoms with van der Waals surface area (Å²) in [7, 11) is 4.97. The molecule has 6 nitrogen and oxygen atoms in total. The van der Waals surface area contributed by atoms with Crippen molar-refractivity contribution in [3.63, 3.8) is 0 Å². The third-order valence-corrected chi connectivity index (χ3v) is 5.88. The molecule has 29 heavy (non-hydrogen) atoms. The lowest BCUT2D eigenvalue weighted by molar-refractivity contribution is 0.189. The smallest absolute Gasteiger partial charge is 0.191 e. The molecule has 0 spiro atoms. The first kappa shape index (κ1) is 21.7. The highest BCUT2D eigenvalue weighted by molar-refractivity contribution is 9.10. The maximum Gasteiger partial charge on any atom is 0.191 e. The summed E-state index contributed by atoms with van der Waals surface area (Å²) in [5.74, 6) is 2.97. The van der Waals surface area contributed by atoms with Crippen molar-refractivity contribution in [3.05, 3.63) is 52.5 Å². The number of halogens is 1. The Hall–Kier alpha value is -2.03. The molecule has 8 heteroatoms. The average Bonchev–Trinajstić information content (AvgIpc) is 3.14. The third kappa shape index (κ3) is 5.52. The second-order valence-corrected chi connectivity index (χ2v) is 8.15. The Labute approximate surface area is 183 Å². The molecule has 0 radical (unpaired) electrons. The van der Waals surface area contributed by atoms with Gasteiger partial charge in [0.05, 0.1) is 14.2 Å². The second kappa shape index (κ2) is 10.7. The van der Waals surface area contributed by atoms with Crippen LogP contribution in [0.4, 0.5) is 0 Å². The maximum atomic E-state index is 5.45. The Morgan fingerprint density at radius 1 is 1.00 bits per heavy atom. The lowest BCUT2D eigenvalue weighted by Crippen LogP contribution is -2.05. The SMILES string of the molecule is COCCCn1c(SCc2cccc(Br)c2)nnc1-c1ccc(OC)c(OC)c1. The average molecular weight is 478 g/mol. The van der Waals surface area contributed by atoms with E-state index in [-0.39, 0.29) is 0 Å². The molecule has 3 aromatic rings.